The summed E-state index contributed by atoms with van der Waals surface area (Å²) in [6.07, 6.45) is 8.89. The van der Waals surface area contributed by atoms with E-state index in [4.69, 9.17) is 16.0 Å². The highest BCUT2D eigenvalue weighted by molar-refractivity contribution is 6.31. The number of halogens is 1. The highest BCUT2D eigenvalue weighted by atomic mass is 35.5. The molecule has 3 rings (SSSR count). The van der Waals surface area contributed by atoms with Gasteiger partial charge >= 0.3 is 0 Å². The van der Waals surface area contributed by atoms with Crippen molar-refractivity contribution in [3.05, 3.63) is 101 Å². The third-order valence-electron chi connectivity index (χ3n) is 4.23. The molecule has 0 unspecified atom stereocenters. The van der Waals surface area contributed by atoms with Gasteiger partial charge in [0.2, 0.25) is 5.36 Å². The Morgan fingerprint density at radius 1 is 1.15 bits per heavy atom. The first-order chi connectivity index (χ1) is 13.2. The lowest BCUT2D eigenvalue weighted by Gasteiger charge is -2.03. The summed E-state index contributed by atoms with van der Waals surface area (Å²) in [6.45, 7) is 6.60. The van der Waals surface area contributed by atoms with Crippen molar-refractivity contribution in [3.8, 4) is 11.3 Å². The van der Waals surface area contributed by atoms with E-state index in [1.807, 2.05) is 79.7 Å². The molecule has 2 aromatic carbocycles. The van der Waals surface area contributed by atoms with Gasteiger partial charge in [-0.1, -0.05) is 72.8 Å². The number of hydrogen-bond donors (Lipinski definition) is 1. The van der Waals surface area contributed by atoms with Crippen LogP contribution >= 0.6 is 11.6 Å². The van der Waals surface area contributed by atoms with Gasteiger partial charge in [0.1, 0.15) is 17.9 Å². The molecule has 1 heterocycles. The van der Waals surface area contributed by atoms with Crippen LogP contribution in [-0.2, 0) is 0 Å². The molecule has 0 bridgehead atoms. The fourth-order valence-electron chi connectivity index (χ4n) is 2.98. The summed E-state index contributed by atoms with van der Waals surface area (Å²) in [5, 5.41) is 2.67. The lowest BCUT2D eigenvalue weighted by molar-refractivity contribution is -0.498. The summed E-state index contributed by atoms with van der Waals surface area (Å²) < 4.78 is 6.11. The lowest BCUT2D eigenvalue weighted by Crippen LogP contribution is -2.76. The van der Waals surface area contributed by atoms with Gasteiger partial charge in [0.25, 0.3) is 0 Å². The molecule has 0 fully saturated rings. The van der Waals surface area contributed by atoms with Crippen LogP contribution in [0.4, 0.5) is 0 Å². The van der Waals surface area contributed by atoms with Crippen LogP contribution in [0.3, 0.4) is 0 Å². The van der Waals surface area contributed by atoms with Crippen molar-refractivity contribution >= 4 is 22.6 Å². The minimum Gasteiger partial charge on any atom is -0.456 e. The first-order valence-electron chi connectivity index (χ1n) is 9.01. The Morgan fingerprint density at radius 2 is 1.96 bits per heavy atom. The second-order valence-electron chi connectivity index (χ2n) is 6.18. The Morgan fingerprint density at radius 3 is 2.70 bits per heavy atom. The van der Waals surface area contributed by atoms with E-state index in [1.165, 1.54) is 5.57 Å². The molecule has 136 valence electrons. The van der Waals surface area contributed by atoms with Gasteiger partial charge in [0.15, 0.2) is 0 Å². The summed E-state index contributed by atoms with van der Waals surface area (Å²) in [6, 6.07) is 17.8. The van der Waals surface area contributed by atoms with Crippen LogP contribution in [0, 0.1) is 0 Å². The molecule has 0 saturated heterocycles. The largest absolute Gasteiger partial charge is 0.456 e. The second-order valence-corrected chi connectivity index (χ2v) is 6.62. The molecule has 1 aromatic heterocycles. The Kier molecular flexibility index (Phi) is 6.45. The first-order valence-corrected chi connectivity index (χ1v) is 9.39. The third-order valence-corrected chi connectivity index (χ3v) is 4.46. The fraction of sp³-hybridized carbons (Fsp3) is 0.125. The van der Waals surface area contributed by atoms with E-state index < -0.39 is 0 Å². The average molecular weight is 377 g/mol. The molecule has 0 spiro atoms. The summed E-state index contributed by atoms with van der Waals surface area (Å²) in [5.74, 6) is 0.822. The van der Waals surface area contributed by atoms with Crippen LogP contribution in [0.15, 0.2) is 95.5 Å². The van der Waals surface area contributed by atoms with E-state index in [0.29, 0.717) is 5.02 Å². The maximum absolute atomic E-state index is 6.22. The molecular formula is C24H23ClNO+. The first kappa shape index (κ1) is 18.9. The highest BCUT2D eigenvalue weighted by Gasteiger charge is 2.09. The number of hydrogen-bond acceptors (Lipinski definition) is 1. The lowest BCUT2D eigenvalue weighted by atomic mass is 10.1. The Balaban J connectivity index is 2.05. The van der Waals surface area contributed by atoms with Crippen molar-refractivity contribution < 1.29 is 9.41 Å². The van der Waals surface area contributed by atoms with E-state index in [1.54, 1.807) is 0 Å². The molecule has 0 aliphatic carbocycles. The summed E-state index contributed by atoms with van der Waals surface area (Å²) >= 11 is 6.22. The Hall–Kier alpha value is -2.84. The zero-order valence-electron chi connectivity index (χ0n) is 15.4. The average Bonchev–Trinajstić information content (AvgIpc) is 2.69. The van der Waals surface area contributed by atoms with Gasteiger partial charge in [0.05, 0.1) is 11.5 Å². The fourth-order valence-corrected chi connectivity index (χ4v) is 3.15. The van der Waals surface area contributed by atoms with Gasteiger partial charge < -0.3 is 4.42 Å². The quantitative estimate of drug-likeness (QED) is 0.614. The molecule has 0 atom stereocenters. The molecule has 0 amide bonds. The van der Waals surface area contributed by atoms with Crippen LogP contribution in [0.1, 0.15) is 13.3 Å². The van der Waals surface area contributed by atoms with Gasteiger partial charge in [0, 0.05) is 17.0 Å². The predicted octanol–water partition coefficient (Wildman–Crippen LogP) is 4.81. The Bertz CT molecular complexity index is 1060. The van der Waals surface area contributed by atoms with Gasteiger partial charge in [-0.25, -0.2) is 4.99 Å². The van der Waals surface area contributed by atoms with Crippen LogP contribution in [0.25, 0.3) is 22.3 Å². The van der Waals surface area contributed by atoms with Crippen LogP contribution in [0.5, 0.6) is 0 Å². The number of benzene rings is 2. The molecule has 0 aliphatic rings. The van der Waals surface area contributed by atoms with E-state index in [0.717, 1.165) is 40.6 Å². The van der Waals surface area contributed by atoms with E-state index >= 15 is 0 Å². The monoisotopic (exact) mass is 376 g/mol. The molecular weight excluding hydrogens is 354 g/mol. The predicted molar refractivity (Wildman–Crippen MR) is 113 cm³/mol. The minimum atomic E-state index is 0.689. The van der Waals surface area contributed by atoms with E-state index in [-0.39, 0.29) is 0 Å². The van der Waals surface area contributed by atoms with Crippen molar-refractivity contribution in [1.29, 1.82) is 0 Å². The third kappa shape index (κ3) is 4.87. The molecule has 27 heavy (non-hydrogen) atoms. The van der Waals surface area contributed by atoms with Crippen molar-refractivity contribution in [3.63, 3.8) is 0 Å². The zero-order valence-corrected chi connectivity index (χ0v) is 16.2. The number of allylic oxidation sites excluding steroid dienone is 4. The SMILES string of the molecule is C=CC=C(C=CC)CC[NH+]=c1cc(-c2ccccc2)oc2ccc(Cl)cc12. The van der Waals surface area contributed by atoms with Crippen molar-refractivity contribution in [1.82, 2.24) is 0 Å². The normalized spacial score (nSPS) is 12.8. The van der Waals surface area contributed by atoms with Crippen LogP contribution < -0.4 is 10.3 Å². The maximum Gasteiger partial charge on any atom is 0.213 e. The van der Waals surface area contributed by atoms with Gasteiger partial charge in [-0.15, -0.1) is 0 Å². The standard InChI is InChI=1S/C24H22ClNO/c1-3-8-18(9-4-2)14-15-26-22-17-24(19-10-6-5-7-11-19)27-23-13-12-20(25)16-21(22)23/h3-13,16-17H,1,14-15H2,2H3/p+1. The van der Waals surface area contributed by atoms with E-state index in [2.05, 4.69) is 17.6 Å². The molecule has 3 aromatic rings. The minimum absolute atomic E-state index is 0.689. The number of rotatable bonds is 6. The zero-order chi connectivity index (χ0) is 19.1. The molecule has 0 saturated carbocycles. The molecule has 2 nitrogen and oxygen atoms in total. The van der Waals surface area contributed by atoms with Crippen molar-refractivity contribution in [2.24, 2.45) is 0 Å². The number of nitrogens with one attached hydrogen (secondary N) is 1. The smallest absolute Gasteiger partial charge is 0.213 e. The molecule has 0 aliphatic heterocycles. The van der Waals surface area contributed by atoms with Crippen molar-refractivity contribution in [2.75, 3.05) is 6.54 Å². The molecule has 0 radical (unpaired) electrons. The summed E-state index contributed by atoms with van der Waals surface area (Å²) in [5.41, 5.74) is 3.07. The summed E-state index contributed by atoms with van der Waals surface area (Å²) in [4.78, 5) is 3.54. The molecule has 3 heteroatoms. The number of fused-ring (bicyclic) bond motifs is 1. The van der Waals surface area contributed by atoms with Gasteiger partial charge in [-0.05, 0) is 30.7 Å². The topological polar surface area (TPSA) is 27.1 Å². The highest BCUT2D eigenvalue weighted by Crippen LogP contribution is 2.23. The van der Waals surface area contributed by atoms with Gasteiger partial charge in [-0.3, -0.25) is 0 Å². The van der Waals surface area contributed by atoms with Crippen LogP contribution in [0.2, 0.25) is 5.02 Å². The maximum atomic E-state index is 6.22. The molecule has 1 N–H and O–H groups in total. The van der Waals surface area contributed by atoms with Crippen molar-refractivity contribution in [2.45, 2.75) is 13.3 Å². The summed E-state index contributed by atoms with van der Waals surface area (Å²) in [7, 11) is 0. The Labute approximate surface area is 164 Å². The van der Waals surface area contributed by atoms with Crippen LogP contribution in [-0.4, -0.2) is 6.54 Å². The van der Waals surface area contributed by atoms with E-state index in [9.17, 15) is 0 Å². The van der Waals surface area contributed by atoms with Gasteiger partial charge in [-0.2, -0.15) is 0 Å². The second kappa shape index (κ2) is 9.20.